The molecular formula is C15H23N3O3. The third-order valence-electron chi connectivity index (χ3n) is 4.21. The van der Waals surface area contributed by atoms with Crippen LogP contribution in [0.15, 0.2) is 6.20 Å². The van der Waals surface area contributed by atoms with Gasteiger partial charge >= 0.3 is 0 Å². The number of aryl methyl sites for hydroxylation is 1. The molecule has 0 saturated carbocycles. The Balaban J connectivity index is 1.98. The first-order valence-electron chi connectivity index (χ1n) is 7.46. The highest BCUT2D eigenvalue weighted by Gasteiger charge is 2.26. The summed E-state index contributed by atoms with van der Waals surface area (Å²) < 4.78 is 5.66. The van der Waals surface area contributed by atoms with Gasteiger partial charge in [0.1, 0.15) is 0 Å². The lowest BCUT2D eigenvalue weighted by molar-refractivity contribution is -0.386. The third kappa shape index (κ3) is 3.57. The van der Waals surface area contributed by atoms with Crippen molar-refractivity contribution < 1.29 is 9.66 Å². The Morgan fingerprint density at radius 2 is 2.29 bits per heavy atom. The van der Waals surface area contributed by atoms with Crippen LogP contribution in [0, 0.1) is 29.9 Å². The summed E-state index contributed by atoms with van der Waals surface area (Å²) in [7, 11) is 0. The van der Waals surface area contributed by atoms with Gasteiger partial charge < -0.3 is 10.1 Å². The van der Waals surface area contributed by atoms with Crippen molar-refractivity contribution >= 4 is 5.69 Å². The molecule has 1 fully saturated rings. The molecule has 2 unspecified atom stereocenters. The topological polar surface area (TPSA) is 77.3 Å². The van der Waals surface area contributed by atoms with E-state index in [0.29, 0.717) is 29.7 Å². The van der Waals surface area contributed by atoms with Gasteiger partial charge in [0.15, 0.2) is 0 Å². The van der Waals surface area contributed by atoms with Crippen LogP contribution in [0.1, 0.15) is 36.6 Å². The summed E-state index contributed by atoms with van der Waals surface area (Å²) in [5.74, 6) is 0.524. The normalized spacial score (nSPS) is 21.7. The van der Waals surface area contributed by atoms with E-state index in [9.17, 15) is 10.1 Å². The Bertz CT molecular complexity index is 519. The first kappa shape index (κ1) is 15.9. The van der Waals surface area contributed by atoms with Crippen molar-refractivity contribution in [2.75, 3.05) is 13.2 Å². The van der Waals surface area contributed by atoms with Crippen LogP contribution in [-0.4, -0.2) is 29.2 Å². The fourth-order valence-corrected chi connectivity index (χ4v) is 2.98. The van der Waals surface area contributed by atoms with Crippen LogP contribution in [0.25, 0.3) is 0 Å². The monoisotopic (exact) mass is 293 g/mol. The molecule has 6 nitrogen and oxygen atoms in total. The number of pyridine rings is 1. The van der Waals surface area contributed by atoms with Crippen LogP contribution in [0.3, 0.4) is 0 Å². The van der Waals surface area contributed by atoms with Gasteiger partial charge in [-0.2, -0.15) is 0 Å². The lowest BCUT2D eigenvalue weighted by atomic mass is 9.99. The van der Waals surface area contributed by atoms with E-state index >= 15 is 0 Å². The van der Waals surface area contributed by atoms with E-state index in [0.717, 1.165) is 31.7 Å². The van der Waals surface area contributed by atoms with E-state index in [1.54, 1.807) is 20.0 Å². The predicted molar refractivity (Wildman–Crippen MR) is 80.2 cm³/mol. The molecule has 116 valence electrons. The van der Waals surface area contributed by atoms with Crippen molar-refractivity contribution in [3.05, 3.63) is 33.1 Å². The lowest BCUT2D eigenvalue weighted by Gasteiger charge is -2.17. The van der Waals surface area contributed by atoms with Crippen LogP contribution < -0.4 is 5.32 Å². The van der Waals surface area contributed by atoms with E-state index in [1.165, 1.54) is 0 Å². The quantitative estimate of drug-likeness (QED) is 0.644. The van der Waals surface area contributed by atoms with E-state index in [-0.39, 0.29) is 10.6 Å². The molecule has 1 aromatic rings. The number of ether oxygens (including phenoxy) is 1. The molecule has 1 saturated heterocycles. The molecule has 21 heavy (non-hydrogen) atoms. The second-order valence-electron chi connectivity index (χ2n) is 5.62. The summed E-state index contributed by atoms with van der Waals surface area (Å²) in [5.41, 5.74) is 2.19. The average Bonchev–Trinajstić information content (AvgIpc) is 2.88. The summed E-state index contributed by atoms with van der Waals surface area (Å²) in [5, 5.41) is 14.5. The van der Waals surface area contributed by atoms with Crippen molar-refractivity contribution in [2.24, 2.45) is 5.92 Å². The maximum Gasteiger partial charge on any atom is 0.278 e. The van der Waals surface area contributed by atoms with Gasteiger partial charge in [0.2, 0.25) is 0 Å². The molecule has 0 radical (unpaired) electrons. The highest BCUT2D eigenvalue weighted by molar-refractivity contribution is 5.47. The fraction of sp³-hybridized carbons (Fsp3) is 0.667. The summed E-state index contributed by atoms with van der Waals surface area (Å²) in [6.45, 7) is 7.87. The van der Waals surface area contributed by atoms with Gasteiger partial charge in [-0.25, -0.2) is 0 Å². The summed E-state index contributed by atoms with van der Waals surface area (Å²) in [6.07, 6.45) is 4.01. The number of hydrogen-bond acceptors (Lipinski definition) is 5. The Hall–Kier alpha value is -1.53. The van der Waals surface area contributed by atoms with Gasteiger partial charge in [0, 0.05) is 37.0 Å². The van der Waals surface area contributed by atoms with Gasteiger partial charge in [-0.05, 0) is 32.6 Å². The standard InChI is InChI=1S/C15H23N3O3/c1-4-14-12(5-6-21-14)8-16-9-13-11(3)15(18(19)20)10(2)7-17-13/h7,12,14,16H,4-6,8-9H2,1-3H3. The Labute approximate surface area is 125 Å². The minimum atomic E-state index is -0.326. The zero-order valence-electron chi connectivity index (χ0n) is 12.9. The molecule has 1 N–H and O–H groups in total. The van der Waals surface area contributed by atoms with Crippen molar-refractivity contribution in [1.82, 2.24) is 10.3 Å². The van der Waals surface area contributed by atoms with Crippen molar-refractivity contribution in [1.29, 1.82) is 0 Å². The van der Waals surface area contributed by atoms with Crippen LogP contribution in [0.2, 0.25) is 0 Å². The van der Waals surface area contributed by atoms with E-state index in [2.05, 4.69) is 17.2 Å². The second kappa shape index (κ2) is 6.95. The number of rotatable bonds is 6. The minimum absolute atomic E-state index is 0.178. The second-order valence-corrected chi connectivity index (χ2v) is 5.62. The number of nitrogens with one attached hydrogen (secondary N) is 1. The largest absolute Gasteiger partial charge is 0.378 e. The molecule has 0 amide bonds. The Morgan fingerprint density at radius 1 is 1.52 bits per heavy atom. The molecule has 2 rings (SSSR count). The van der Waals surface area contributed by atoms with Gasteiger partial charge in [0.05, 0.1) is 16.7 Å². The van der Waals surface area contributed by atoms with Crippen molar-refractivity contribution in [3.8, 4) is 0 Å². The fourth-order valence-electron chi connectivity index (χ4n) is 2.98. The van der Waals surface area contributed by atoms with Crippen LogP contribution in [0.5, 0.6) is 0 Å². The molecule has 6 heteroatoms. The minimum Gasteiger partial charge on any atom is -0.378 e. The molecule has 0 bridgehead atoms. The summed E-state index contributed by atoms with van der Waals surface area (Å²) >= 11 is 0. The third-order valence-corrected chi connectivity index (χ3v) is 4.21. The predicted octanol–water partition coefficient (Wildman–Crippen LogP) is 2.51. The highest BCUT2D eigenvalue weighted by Crippen LogP contribution is 2.25. The molecule has 0 aromatic carbocycles. The molecule has 1 aliphatic heterocycles. The molecule has 2 atom stereocenters. The average molecular weight is 293 g/mol. The van der Waals surface area contributed by atoms with Crippen LogP contribution in [-0.2, 0) is 11.3 Å². The zero-order valence-corrected chi connectivity index (χ0v) is 12.9. The smallest absolute Gasteiger partial charge is 0.278 e. The first-order valence-corrected chi connectivity index (χ1v) is 7.46. The van der Waals surface area contributed by atoms with Crippen molar-refractivity contribution in [2.45, 2.75) is 46.3 Å². The van der Waals surface area contributed by atoms with Gasteiger partial charge in [-0.3, -0.25) is 15.1 Å². The lowest BCUT2D eigenvalue weighted by Crippen LogP contribution is -2.28. The number of aromatic nitrogens is 1. The number of hydrogen-bond donors (Lipinski definition) is 1. The van der Waals surface area contributed by atoms with Crippen LogP contribution in [0.4, 0.5) is 5.69 Å². The van der Waals surface area contributed by atoms with E-state index in [1.807, 2.05) is 0 Å². The number of nitro groups is 1. The Kier molecular flexibility index (Phi) is 5.25. The molecule has 1 aliphatic rings. The molecule has 1 aromatic heterocycles. The number of nitrogens with zero attached hydrogens (tertiary/aromatic N) is 2. The van der Waals surface area contributed by atoms with Gasteiger partial charge in [0.25, 0.3) is 5.69 Å². The molecule has 0 aliphatic carbocycles. The Morgan fingerprint density at radius 3 is 2.95 bits per heavy atom. The zero-order chi connectivity index (χ0) is 15.4. The van der Waals surface area contributed by atoms with Gasteiger partial charge in [-0.15, -0.1) is 0 Å². The molecule has 0 spiro atoms. The van der Waals surface area contributed by atoms with Crippen molar-refractivity contribution in [3.63, 3.8) is 0 Å². The first-order chi connectivity index (χ1) is 10.0. The highest BCUT2D eigenvalue weighted by atomic mass is 16.6. The van der Waals surface area contributed by atoms with E-state index in [4.69, 9.17) is 4.74 Å². The molecular weight excluding hydrogens is 270 g/mol. The van der Waals surface area contributed by atoms with Gasteiger partial charge in [-0.1, -0.05) is 6.92 Å². The SMILES string of the molecule is CCC1OCCC1CNCc1ncc(C)c([N+](=O)[O-])c1C. The molecule has 2 heterocycles. The maximum absolute atomic E-state index is 11.1. The van der Waals surface area contributed by atoms with Crippen LogP contribution >= 0.6 is 0 Å². The maximum atomic E-state index is 11.1. The summed E-state index contributed by atoms with van der Waals surface area (Å²) in [4.78, 5) is 15.1. The summed E-state index contributed by atoms with van der Waals surface area (Å²) in [6, 6.07) is 0. The van der Waals surface area contributed by atoms with E-state index < -0.39 is 0 Å².